The second-order valence-electron chi connectivity index (χ2n) is 5.71. The van der Waals surface area contributed by atoms with E-state index in [1.165, 1.54) is 6.07 Å². The first-order valence-electron chi connectivity index (χ1n) is 8.03. The van der Waals surface area contributed by atoms with E-state index >= 15 is 0 Å². The third-order valence-corrected chi connectivity index (χ3v) is 3.87. The van der Waals surface area contributed by atoms with Crippen LogP contribution in [-0.2, 0) is 0 Å². The number of anilines is 1. The van der Waals surface area contributed by atoms with Crippen molar-refractivity contribution >= 4 is 16.7 Å². The summed E-state index contributed by atoms with van der Waals surface area (Å²) in [5, 5.41) is 0.891. The number of fused-ring (bicyclic) bond motifs is 1. The predicted octanol–water partition coefficient (Wildman–Crippen LogP) is 3.62. The van der Waals surface area contributed by atoms with Crippen LogP contribution in [0.15, 0.2) is 63.8 Å². The van der Waals surface area contributed by atoms with Crippen LogP contribution < -0.4 is 15.3 Å². The second-order valence-corrected chi connectivity index (χ2v) is 5.71. The molecule has 25 heavy (non-hydrogen) atoms. The van der Waals surface area contributed by atoms with Gasteiger partial charge >= 0.3 is 5.63 Å². The van der Waals surface area contributed by atoms with Crippen molar-refractivity contribution in [3.05, 3.63) is 70.6 Å². The lowest BCUT2D eigenvalue weighted by Crippen LogP contribution is -2.19. The first-order chi connectivity index (χ1) is 12.1. The second kappa shape index (κ2) is 7.59. The Balaban J connectivity index is 1.67. The molecule has 0 aliphatic rings. The van der Waals surface area contributed by atoms with E-state index in [1.54, 1.807) is 6.07 Å². The molecule has 0 aliphatic carbocycles. The van der Waals surface area contributed by atoms with Gasteiger partial charge in [-0.15, -0.1) is 0 Å². The van der Waals surface area contributed by atoms with Crippen molar-refractivity contribution in [1.29, 1.82) is 0 Å². The lowest BCUT2D eigenvalue weighted by atomic mass is 10.2. The monoisotopic (exact) mass is 333 g/mol. The summed E-state index contributed by atoms with van der Waals surface area (Å²) in [6, 6.07) is 16.8. The van der Waals surface area contributed by atoms with E-state index in [-0.39, 0.29) is 5.63 Å². The minimum atomic E-state index is -0.364. The number of hydrogen-bond donors (Lipinski definition) is 0. The van der Waals surface area contributed by atoms with Crippen LogP contribution in [0.1, 0.15) is 5.56 Å². The van der Waals surface area contributed by atoms with Gasteiger partial charge in [0.2, 0.25) is 0 Å². The molecule has 0 amide bonds. The van der Waals surface area contributed by atoms with E-state index in [0.29, 0.717) is 18.7 Å². The van der Waals surface area contributed by atoms with E-state index < -0.39 is 0 Å². The normalized spacial score (nSPS) is 10.2. The van der Waals surface area contributed by atoms with Crippen LogP contribution in [0.3, 0.4) is 0 Å². The third kappa shape index (κ3) is 4.02. The van der Waals surface area contributed by atoms with Gasteiger partial charge in [-0.25, -0.2) is 4.79 Å². The molecule has 126 valence electrons. The quantitative estimate of drug-likeness (QED) is 0.540. The molecular weight excluding hydrogens is 314 g/mol. The maximum absolute atomic E-state index is 11.7. The molecule has 0 radical (unpaired) electrons. The van der Waals surface area contributed by atoms with Crippen LogP contribution in [-0.4, -0.2) is 20.2 Å². The molecule has 3 aromatic rings. The van der Waals surface area contributed by atoms with Crippen LogP contribution in [0.25, 0.3) is 11.0 Å². The van der Waals surface area contributed by atoms with E-state index in [1.807, 2.05) is 61.3 Å². The maximum Gasteiger partial charge on any atom is 0.338 e. The Kier molecular flexibility index (Phi) is 5.06. The molecule has 4 heteroatoms. The molecule has 0 unspecified atom stereocenters. The molecule has 4 nitrogen and oxygen atoms in total. The Morgan fingerprint density at radius 2 is 1.84 bits per heavy atom. The molecular formula is C21H19NO3. The van der Waals surface area contributed by atoms with E-state index in [2.05, 4.69) is 11.8 Å². The van der Waals surface area contributed by atoms with Crippen molar-refractivity contribution in [3.8, 4) is 17.6 Å². The fourth-order valence-electron chi connectivity index (χ4n) is 2.55. The third-order valence-electron chi connectivity index (χ3n) is 3.87. The smallest absolute Gasteiger partial charge is 0.338 e. The molecule has 1 heterocycles. The minimum absolute atomic E-state index is 0.330. The van der Waals surface area contributed by atoms with Gasteiger partial charge in [0.05, 0.1) is 12.2 Å². The van der Waals surface area contributed by atoms with E-state index in [9.17, 15) is 4.79 Å². The van der Waals surface area contributed by atoms with Crippen LogP contribution in [0.4, 0.5) is 5.69 Å². The minimum Gasteiger partial charge on any atom is -0.481 e. The summed E-state index contributed by atoms with van der Waals surface area (Å²) in [6.45, 7) is 2.82. The van der Waals surface area contributed by atoms with Gasteiger partial charge in [-0.3, -0.25) is 0 Å². The summed E-state index contributed by atoms with van der Waals surface area (Å²) in [5.74, 6) is 6.93. The summed E-state index contributed by atoms with van der Waals surface area (Å²) in [5.41, 5.74) is 2.11. The van der Waals surface area contributed by atoms with Crippen LogP contribution in [0.5, 0.6) is 5.75 Å². The Morgan fingerprint density at radius 3 is 2.68 bits per heavy atom. The Hall–Kier alpha value is -3.19. The summed E-state index contributed by atoms with van der Waals surface area (Å²) < 4.78 is 10.9. The molecule has 0 fully saturated rings. The molecule has 0 bridgehead atoms. The van der Waals surface area contributed by atoms with Gasteiger partial charge in [-0.1, -0.05) is 42.2 Å². The zero-order valence-corrected chi connectivity index (χ0v) is 14.3. The number of benzene rings is 2. The van der Waals surface area contributed by atoms with Gasteiger partial charge < -0.3 is 14.1 Å². The highest BCUT2D eigenvalue weighted by atomic mass is 16.5. The van der Waals surface area contributed by atoms with Gasteiger partial charge in [-0.05, 0) is 30.7 Å². The molecule has 0 saturated carbocycles. The number of nitrogens with zero attached hydrogens (tertiary/aromatic N) is 1. The van der Waals surface area contributed by atoms with E-state index in [4.69, 9.17) is 9.15 Å². The SMILES string of the molecule is Cc1ccccc1OCC#CCN(C)c1cc(=O)oc2ccccc12. The molecule has 0 spiro atoms. The number of ether oxygens (including phenoxy) is 1. The van der Waals surface area contributed by atoms with Crippen molar-refractivity contribution < 1.29 is 9.15 Å². The van der Waals surface area contributed by atoms with Gasteiger partial charge in [0.1, 0.15) is 17.9 Å². The Morgan fingerprint density at radius 1 is 1.08 bits per heavy atom. The highest BCUT2D eigenvalue weighted by molar-refractivity contribution is 5.90. The van der Waals surface area contributed by atoms with E-state index in [0.717, 1.165) is 22.4 Å². The van der Waals surface area contributed by atoms with Crippen LogP contribution >= 0.6 is 0 Å². The molecule has 3 rings (SSSR count). The first-order valence-corrected chi connectivity index (χ1v) is 8.03. The average Bonchev–Trinajstić information content (AvgIpc) is 2.62. The van der Waals surface area contributed by atoms with Crippen LogP contribution in [0, 0.1) is 18.8 Å². The molecule has 0 N–H and O–H groups in total. The fraction of sp³-hybridized carbons (Fsp3) is 0.190. The molecule has 0 aliphatic heterocycles. The zero-order chi connectivity index (χ0) is 17.6. The Bertz CT molecular complexity index is 995. The van der Waals surface area contributed by atoms with Gasteiger partial charge in [0.15, 0.2) is 0 Å². The van der Waals surface area contributed by atoms with Crippen molar-refractivity contribution in [3.63, 3.8) is 0 Å². The van der Waals surface area contributed by atoms with Crippen molar-refractivity contribution in [2.24, 2.45) is 0 Å². The molecule has 0 saturated heterocycles. The van der Waals surface area contributed by atoms with Crippen molar-refractivity contribution in [2.45, 2.75) is 6.92 Å². The van der Waals surface area contributed by atoms with Crippen LogP contribution in [0.2, 0.25) is 0 Å². The maximum atomic E-state index is 11.7. The summed E-state index contributed by atoms with van der Waals surface area (Å²) >= 11 is 0. The number of hydrogen-bond acceptors (Lipinski definition) is 4. The molecule has 1 aromatic heterocycles. The number of para-hydroxylation sites is 2. The summed E-state index contributed by atoms with van der Waals surface area (Å²) in [4.78, 5) is 13.7. The lowest BCUT2D eigenvalue weighted by molar-refractivity contribution is 0.367. The number of aryl methyl sites for hydroxylation is 1. The standard InChI is InChI=1S/C21H19NO3/c1-16-9-3-5-11-19(16)24-14-8-7-13-22(2)18-15-21(23)25-20-12-6-4-10-17(18)20/h3-6,9-12,15H,13-14H2,1-2H3. The van der Waals surface area contributed by atoms with Gasteiger partial charge in [0, 0.05) is 18.5 Å². The Labute approximate surface area is 146 Å². The molecule has 0 atom stereocenters. The largest absolute Gasteiger partial charge is 0.481 e. The van der Waals surface area contributed by atoms with Gasteiger partial charge in [-0.2, -0.15) is 0 Å². The highest BCUT2D eigenvalue weighted by Gasteiger charge is 2.08. The fourth-order valence-corrected chi connectivity index (χ4v) is 2.55. The summed E-state index contributed by atoms with van der Waals surface area (Å²) in [6.07, 6.45) is 0. The number of rotatable bonds is 4. The highest BCUT2D eigenvalue weighted by Crippen LogP contribution is 2.23. The van der Waals surface area contributed by atoms with Crippen molar-refractivity contribution in [2.75, 3.05) is 25.1 Å². The summed E-state index contributed by atoms with van der Waals surface area (Å²) in [7, 11) is 1.90. The zero-order valence-electron chi connectivity index (χ0n) is 14.3. The first kappa shape index (κ1) is 16.7. The lowest BCUT2D eigenvalue weighted by Gasteiger charge is -2.17. The average molecular weight is 333 g/mol. The molecule has 2 aromatic carbocycles. The van der Waals surface area contributed by atoms with Crippen molar-refractivity contribution in [1.82, 2.24) is 0 Å². The predicted molar refractivity (Wildman–Crippen MR) is 100 cm³/mol. The van der Waals surface area contributed by atoms with Gasteiger partial charge in [0.25, 0.3) is 0 Å². The topological polar surface area (TPSA) is 42.7 Å².